The Bertz CT molecular complexity index is 187. The van der Waals surface area contributed by atoms with E-state index in [-0.39, 0.29) is 0 Å². The van der Waals surface area contributed by atoms with Crippen molar-refractivity contribution < 1.29 is 33.8 Å². The topological polar surface area (TPSA) is 113 Å². The van der Waals surface area contributed by atoms with Crippen LogP contribution in [-0.4, -0.2) is 27.3 Å². The molecule has 0 amide bonds. The van der Waals surface area contributed by atoms with Crippen LogP contribution in [-0.2, 0) is 19.1 Å². The predicted octanol–water partition coefficient (Wildman–Crippen LogP) is -0.262. The minimum Gasteiger partial charge on any atom is -0.303 e. The third-order valence-corrected chi connectivity index (χ3v) is 0.426. The zero-order chi connectivity index (χ0) is 10.9. The molecular formula is C5H11O7P. The van der Waals surface area contributed by atoms with Crippen molar-refractivity contribution in [2.24, 2.45) is 0 Å². The molecule has 0 radical (unpaired) electrons. The van der Waals surface area contributed by atoms with Crippen molar-refractivity contribution in [3.8, 4) is 0 Å². The van der Waals surface area contributed by atoms with Gasteiger partial charge in [0.2, 0.25) is 0 Å². The molecule has 8 heteroatoms. The number of carbonyl (C=O) groups is 1. The second kappa shape index (κ2) is 7.90. The third kappa shape index (κ3) is 34.8. The Kier molecular flexibility index (Phi) is 8.99. The SMILES string of the molecule is C=CC(=O)OOCC.O=P(O)(O)O. The molecule has 0 aliphatic heterocycles. The van der Waals surface area contributed by atoms with Crippen LogP contribution in [0.4, 0.5) is 0 Å². The second-order valence-electron chi connectivity index (χ2n) is 1.53. The van der Waals surface area contributed by atoms with Crippen LogP contribution in [0.15, 0.2) is 12.7 Å². The summed E-state index contributed by atoms with van der Waals surface area (Å²) in [5.41, 5.74) is 0. The number of hydrogen-bond acceptors (Lipinski definition) is 4. The first-order valence-corrected chi connectivity index (χ1v) is 4.62. The Balaban J connectivity index is 0. The van der Waals surface area contributed by atoms with Crippen molar-refractivity contribution in [3.05, 3.63) is 12.7 Å². The molecule has 0 aromatic heterocycles. The standard InChI is InChI=1S/C5H8O3.H3O4P/c1-3-5(6)8-7-4-2;1-5(2,3)4/h3H,1,4H2,2H3;(H3,1,2,3,4). The van der Waals surface area contributed by atoms with Crippen LogP contribution in [0, 0.1) is 0 Å². The third-order valence-electron chi connectivity index (χ3n) is 0.426. The van der Waals surface area contributed by atoms with E-state index in [0.717, 1.165) is 6.08 Å². The summed E-state index contributed by atoms with van der Waals surface area (Å²) < 4.78 is 8.88. The Labute approximate surface area is 74.8 Å². The van der Waals surface area contributed by atoms with Gasteiger partial charge in [0.25, 0.3) is 0 Å². The lowest BCUT2D eigenvalue weighted by atomic mass is 10.7. The van der Waals surface area contributed by atoms with Crippen molar-refractivity contribution in [1.29, 1.82) is 0 Å². The Hall–Kier alpha value is -0.720. The van der Waals surface area contributed by atoms with Crippen molar-refractivity contribution in [3.63, 3.8) is 0 Å². The highest BCUT2D eigenvalue weighted by Crippen LogP contribution is 2.25. The average molecular weight is 214 g/mol. The monoisotopic (exact) mass is 214 g/mol. The van der Waals surface area contributed by atoms with Gasteiger partial charge in [0.1, 0.15) is 0 Å². The van der Waals surface area contributed by atoms with E-state index in [1.807, 2.05) is 0 Å². The van der Waals surface area contributed by atoms with Gasteiger partial charge in [-0.05, 0) is 6.92 Å². The first-order valence-electron chi connectivity index (χ1n) is 3.05. The zero-order valence-electron chi connectivity index (χ0n) is 6.91. The zero-order valence-corrected chi connectivity index (χ0v) is 7.81. The van der Waals surface area contributed by atoms with Crippen molar-refractivity contribution in [2.75, 3.05) is 6.61 Å². The Morgan fingerprint density at radius 2 is 1.92 bits per heavy atom. The summed E-state index contributed by atoms with van der Waals surface area (Å²) in [7, 11) is -4.64. The van der Waals surface area contributed by atoms with Gasteiger partial charge in [-0.15, -0.1) is 0 Å². The summed E-state index contributed by atoms with van der Waals surface area (Å²) in [5.74, 6) is -0.563. The van der Waals surface area contributed by atoms with Crippen molar-refractivity contribution >= 4 is 13.8 Å². The van der Waals surface area contributed by atoms with Crippen molar-refractivity contribution in [2.45, 2.75) is 6.92 Å². The van der Waals surface area contributed by atoms with Gasteiger partial charge in [0, 0.05) is 6.08 Å². The number of hydrogen-bond donors (Lipinski definition) is 3. The maximum atomic E-state index is 10.1. The molecule has 7 nitrogen and oxygen atoms in total. The van der Waals surface area contributed by atoms with Crippen LogP contribution < -0.4 is 0 Å². The van der Waals surface area contributed by atoms with Crippen LogP contribution in [0.5, 0.6) is 0 Å². The van der Waals surface area contributed by atoms with Crippen LogP contribution in [0.3, 0.4) is 0 Å². The van der Waals surface area contributed by atoms with E-state index >= 15 is 0 Å². The van der Waals surface area contributed by atoms with E-state index in [4.69, 9.17) is 19.2 Å². The van der Waals surface area contributed by atoms with E-state index in [9.17, 15) is 4.79 Å². The molecule has 0 atom stereocenters. The van der Waals surface area contributed by atoms with Gasteiger partial charge < -0.3 is 14.7 Å². The van der Waals surface area contributed by atoms with E-state index in [1.165, 1.54) is 0 Å². The molecule has 0 saturated heterocycles. The van der Waals surface area contributed by atoms with Crippen LogP contribution >= 0.6 is 7.82 Å². The van der Waals surface area contributed by atoms with Gasteiger partial charge in [-0.2, -0.15) is 4.89 Å². The lowest BCUT2D eigenvalue weighted by Crippen LogP contribution is -2.00. The van der Waals surface area contributed by atoms with Gasteiger partial charge in [-0.1, -0.05) is 6.58 Å². The molecule has 0 saturated carbocycles. The molecule has 13 heavy (non-hydrogen) atoms. The molecule has 0 rings (SSSR count). The summed E-state index contributed by atoms with van der Waals surface area (Å²) in [6, 6.07) is 0. The fraction of sp³-hybridized carbons (Fsp3) is 0.400. The molecule has 0 aromatic rings. The first kappa shape index (κ1) is 14.8. The molecule has 0 fully saturated rings. The number of rotatable bonds is 3. The lowest BCUT2D eigenvalue weighted by molar-refractivity contribution is -0.264. The predicted molar refractivity (Wildman–Crippen MR) is 42.2 cm³/mol. The molecular weight excluding hydrogens is 203 g/mol. The molecule has 78 valence electrons. The normalized spacial score (nSPS) is 9.54. The molecule has 0 aliphatic carbocycles. The number of phosphoric acid groups is 1. The van der Waals surface area contributed by atoms with Crippen LogP contribution in [0.1, 0.15) is 6.92 Å². The Morgan fingerprint density at radius 1 is 1.54 bits per heavy atom. The fourth-order valence-electron chi connectivity index (χ4n) is 0.151. The minimum atomic E-state index is -4.64. The van der Waals surface area contributed by atoms with E-state index < -0.39 is 13.8 Å². The Morgan fingerprint density at radius 3 is 2.15 bits per heavy atom. The maximum absolute atomic E-state index is 10.1. The smallest absolute Gasteiger partial charge is 0.303 e. The van der Waals surface area contributed by atoms with E-state index in [0.29, 0.717) is 6.61 Å². The summed E-state index contributed by atoms with van der Waals surface area (Å²) >= 11 is 0. The molecule has 0 heterocycles. The molecule has 0 bridgehead atoms. The highest BCUT2D eigenvalue weighted by atomic mass is 31.2. The molecule has 0 aromatic carbocycles. The van der Waals surface area contributed by atoms with Crippen LogP contribution in [0.25, 0.3) is 0 Å². The largest absolute Gasteiger partial charge is 0.466 e. The van der Waals surface area contributed by atoms with Gasteiger partial charge in [0.05, 0.1) is 6.61 Å². The van der Waals surface area contributed by atoms with Gasteiger partial charge in [-0.3, -0.25) is 4.89 Å². The fourth-order valence-corrected chi connectivity index (χ4v) is 0.151. The molecule has 0 aliphatic rings. The summed E-state index contributed by atoms with van der Waals surface area (Å²) in [6.45, 7) is 5.24. The highest BCUT2D eigenvalue weighted by molar-refractivity contribution is 7.45. The van der Waals surface area contributed by atoms with Crippen molar-refractivity contribution in [1.82, 2.24) is 0 Å². The minimum absolute atomic E-state index is 0.361. The molecule has 0 unspecified atom stereocenters. The summed E-state index contributed by atoms with van der Waals surface area (Å²) in [4.78, 5) is 40.0. The highest BCUT2D eigenvalue weighted by Gasteiger charge is 2.00. The average Bonchev–Trinajstić information content (AvgIpc) is 1.97. The molecule has 0 spiro atoms. The second-order valence-corrected chi connectivity index (χ2v) is 2.55. The van der Waals surface area contributed by atoms with Gasteiger partial charge in [-0.25, -0.2) is 9.36 Å². The quantitative estimate of drug-likeness (QED) is 0.256. The van der Waals surface area contributed by atoms with Gasteiger partial charge >= 0.3 is 13.8 Å². The first-order chi connectivity index (χ1) is 5.81. The van der Waals surface area contributed by atoms with Crippen LogP contribution in [0.2, 0.25) is 0 Å². The van der Waals surface area contributed by atoms with E-state index in [2.05, 4.69) is 16.4 Å². The summed E-state index contributed by atoms with van der Waals surface area (Å²) in [6.07, 6.45) is 1.04. The maximum Gasteiger partial charge on any atom is 0.466 e. The van der Waals surface area contributed by atoms with Gasteiger partial charge in [0.15, 0.2) is 0 Å². The summed E-state index contributed by atoms with van der Waals surface area (Å²) in [5, 5.41) is 0. The molecule has 3 N–H and O–H groups in total. The number of carbonyl (C=O) groups excluding carboxylic acids is 1. The van der Waals surface area contributed by atoms with E-state index in [1.54, 1.807) is 6.92 Å². The lowest BCUT2D eigenvalue weighted by Gasteiger charge is -1.93.